The first kappa shape index (κ1) is 92.7. The Morgan fingerprint density at radius 3 is 0.876 bits per heavy atom. The van der Waals surface area contributed by atoms with Crippen LogP contribution in [0.5, 0.6) is 0 Å². The fourth-order valence-corrected chi connectivity index (χ4v) is 11.6. The van der Waals surface area contributed by atoms with Crippen LogP contribution in [0.15, 0.2) is 122 Å². The highest BCUT2D eigenvalue weighted by molar-refractivity contribution is 5.70. The summed E-state index contributed by atoms with van der Waals surface area (Å²) < 4.78 is 22.8. The van der Waals surface area contributed by atoms with Gasteiger partial charge in [-0.05, 0) is 89.9 Å². The number of aliphatic carboxylic acids is 1. The van der Waals surface area contributed by atoms with E-state index in [4.69, 9.17) is 18.9 Å². The molecule has 0 saturated heterocycles. The van der Waals surface area contributed by atoms with Crippen LogP contribution in [0.3, 0.4) is 0 Å². The van der Waals surface area contributed by atoms with Crippen LogP contribution in [0.25, 0.3) is 0 Å². The second-order valence-electron chi connectivity index (χ2n) is 28.3. The monoisotopic (exact) mass is 1350 g/mol. The van der Waals surface area contributed by atoms with Crippen LogP contribution in [-0.4, -0.2) is 82.3 Å². The lowest BCUT2D eigenvalue weighted by Crippen LogP contribution is -2.44. The molecule has 0 radical (unpaired) electrons. The van der Waals surface area contributed by atoms with Gasteiger partial charge in [0.15, 0.2) is 12.4 Å². The van der Waals surface area contributed by atoms with Crippen molar-refractivity contribution >= 4 is 17.9 Å². The van der Waals surface area contributed by atoms with Crippen LogP contribution >= 0.6 is 0 Å². The minimum absolute atomic E-state index is 0.138. The normalized spacial score (nSPS) is 13.3. The van der Waals surface area contributed by atoms with Gasteiger partial charge in [-0.25, -0.2) is 0 Å². The summed E-state index contributed by atoms with van der Waals surface area (Å²) in [6.45, 7) is 4.64. The van der Waals surface area contributed by atoms with Crippen molar-refractivity contribution in [2.45, 2.75) is 373 Å². The van der Waals surface area contributed by atoms with Gasteiger partial charge < -0.3 is 33.3 Å². The van der Waals surface area contributed by atoms with E-state index in [0.717, 1.165) is 109 Å². The van der Waals surface area contributed by atoms with Crippen molar-refractivity contribution in [2.24, 2.45) is 0 Å². The third-order valence-electron chi connectivity index (χ3n) is 17.7. The van der Waals surface area contributed by atoms with E-state index in [0.29, 0.717) is 17.4 Å². The molecule has 97 heavy (non-hydrogen) atoms. The van der Waals surface area contributed by atoms with Gasteiger partial charge in [0.25, 0.3) is 0 Å². The maximum absolute atomic E-state index is 13.0. The molecule has 0 fully saturated rings. The van der Waals surface area contributed by atoms with E-state index in [1.54, 1.807) is 0 Å². The van der Waals surface area contributed by atoms with Crippen LogP contribution in [0, 0.1) is 0 Å². The molecular weight excluding hydrogens is 1200 g/mol. The molecule has 0 amide bonds. The van der Waals surface area contributed by atoms with Gasteiger partial charge in [0.05, 0.1) is 40.3 Å². The Kier molecular flexibility index (Phi) is 74.0. The van der Waals surface area contributed by atoms with Gasteiger partial charge in [0.1, 0.15) is 13.2 Å². The fourth-order valence-electron chi connectivity index (χ4n) is 11.6. The molecule has 0 aromatic rings. The molecular formula is C88H153NO8. The average Bonchev–Trinajstić information content (AvgIpc) is 3.74. The summed E-state index contributed by atoms with van der Waals surface area (Å²) in [6.07, 6.45) is 108. The third kappa shape index (κ3) is 78.9. The molecule has 2 atom stereocenters. The van der Waals surface area contributed by atoms with E-state index in [-0.39, 0.29) is 38.6 Å². The van der Waals surface area contributed by atoms with Gasteiger partial charge in [-0.15, -0.1) is 0 Å². The number of quaternary nitrogens is 1. The average molecular weight is 1350 g/mol. The van der Waals surface area contributed by atoms with E-state index in [1.165, 1.54) is 218 Å². The van der Waals surface area contributed by atoms with Crippen molar-refractivity contribution in [3.63, 3.8) is 0 Å². The van der Waals surface area contributed by atoms with Gasteiger partial charge in [-0.2, -0.15) is 0 Å². The van der Waals surface area contributed by atoms with E-state index in [9.17, 15) is 19.5 Å². The van der Waals surface area contributed by atoms with Crippen LogP contribution in [0.2, 0.25) is 0 Å². The van der Waals surface area contributed by atoms with Crippen molar-refractivity contribution in [1.82, 2.24) is 0 Å². The number of carbonyl (C=O) groups is 3. The first-order valence-corrected chi connectivity index (χ1v) is 40.7. The number of carboxylic acids is 1. The Bertz CT molecular complexity index is 2020. The number of hydrogen-bond donors (Lipinski definition) is 0. The minimum atomic E-state index is -1.64. The molecule has 0 spiro atoms. The molecule has 0 saturated carbocycles. The predicted molar refractivity (Wildman–Crippen MR) is 417 cm³/mol. The quantitative estimate of drug-likeness (QED) is 0.0195. The zero-order valence-corrected chi connectivity index (χ0v) is 63.9. The van der Waals surface area contributed by atoms with Crippen molar-refractivity contribution in [3.8, 4) is 0 Å². The number of rotatable bonds is 75. The summed E-state index contributed by atoms with van der Waals surface area (Å²) in [4.78, 5) is 37.6. The number of likely N-dealkylation sites (N-methyl/N-ethyl adjacent to an activating group) is 1. The molecule has 0 heterocycles. The number of nitrogens with zero attached hydrogens (tertiary/aromatic N) is 1. The first-order chi connectivity index (χ1) is 47.6. The number of allylic oxidation sites excluding steroid dienone is 20. The molecule has 558 valence electrons. The van der Waals surface area contributed by atoms with Crippen molar-refractivity contribution in [2.75, 3.05) is 47.5 Å². The maximum atomic E-state index is 13.0. The Balaban J connectivity index is 4.08. The van der Waals surface area contributed by atoms with Gasteiger partial charge >= 0.3 is 11.9 Å². The zero-order chi connectivity index (χ0) is 70.4. The Morgan fingerprint density at radius 1 is 0.320 bits per heavy atom. The van der Waals surface area contributed by atoms with Gasteiger partial charge in [-0.3, -0.25) is 9.59 Å². The summed E-state index contributed by atoms with van der Waals surface area (Å²) in [7, 11) is 5.93. The molecule has 9 heteroatoms. The summed E-state index contributed by atoms with van der Waals surface area (Å²) in [5.41, 5.74) is 0. The van der Waals surface area contributed by atoms with Gasteiger partial charge in [0, 0.05) is 12.8 Å². The Morgan fingerprint density at radius 2 is 0.588 bits per heavy atom. The largest absolute Gasteiger partial charge is 0.545 e. The molecule has 2 unspecified atom stereocenters. The highest BCUT2D eigenvalue weighted by Crippen LogP contribution is 2.19. The molecule has 0 bridgehead atoms. The molecule has 0 aliphatic carbocycles. The van der Waals surface area contributed by atoms with E-state index >= 15 is 0 Å². The maximum Gasteiger partial charge on any atom is 0.306 e. The Labute approximate surface area is 599 Å². The summed E-state index contributed by atoms with van der Waals surface area (Å²) in [5.74, 6) is -2.31. The molecule has 9 nitrogen and oxygen atoms in total. The second-order valence-corrected chi connectivity index (χ2v) is 28.3. The lowest BCUT2D eigenvalue weighted by molar-refractivity contribution is -0.870. The standard InChI is InChI=1S/C88H153NO8/c1-6-8-10-12-14-16-18-20-22-24-26-28-30-32-34-36-38-40-42-43-45-46-48-50-52-54-56-58-60-62-64-66-68-70-72-74-76-78-85(90)95-82-84(83-96-88(87(92)93)94-81-80-89(3,4)5)97-86(91)79-77-75-73-71-69-67-65-63-61-59-57-55-53-51-49-47-44-41-39-37-35-33-31-29-27-25-23-21-19-17-15-13-11-9-7-2/h9,11,15,17,21,23,27,29,33,35,39,41,47,49,53,55,59,61,65,67,84,88H,6-8,10,12-14,16,18-20,22,24-26,28,30-32,34,36-38,40,42-46,48,50-52,54,56-58,60,62-64,66,68-83H2,1-5H3/b11-9-,17-15-,23-21-,29-27-,35-33-,41-39-,49-47-,55-53-,61-59-,67-65-. The van der Waals surface area contributed by atoms with Crippen molar-refractivity contribution in [1.29, 1.82) is 0 Å². The molecule has 0 aliphatic heterocycles. The molecule has 0 aromatic heterocycles. The minimum Gasteiger partial charge on any atom is -0.545 e. The molecule has 0 aromatic carbocycles. The lowest BCUT2D eigenvalue weighted by Gasteiger charge is -2.26. The van der Waals surface area contributed by atoms with Gasteiger partial charge in [0.2, 0.25) is 0 Å². The second kappa shape index (κ2) is 77.4. The van der Waals surface area contributed by atoms with Crippen LogP contribution in [-0.2, 0) is 33.3 Å². The number of carboxylic acid groups (broad SMARTS) is 1. The number of hydrogen-bond acceptors (Lipinski definition) is 8. The number of esters is 2. The summed E-state index contributed by atoms with van der Waals surface area (Å²) in [5, 5.41) is 11.9. The number of carbonyl (C=O) groups excluding carboxylic acids is 3. The highest BCUT2D eigenvalue weighted by atomic mass is 16.7. The van der Waals surface area contributed by atoms with Gasteiger partial charge in [-0.1, -0.05) is 379 Å². The van der Waals surface area contributed by atoms with E-state index < -0.39 is 24.3 Å². The first-order valence-electron chi connectivity index (χ1n) is 40.7. The SMILES string of the molecule is CC/C=C\C/C=C\C/C=C\C/C=C\C/C=C\C/C=C\C/C=C\C/C=C\C/C=C\C/C=C\CCCCCCC(=O)OC(COC(=O)CCCCCCCCCCCCCCCCCCCCCCCCCCCCCCCCCCCCCCC)COC(OCC[N+](C)(C)C)C(=O)[O-]. The highest BCUT2D eigenvalue weighted by Gasteiger charge is 2.22. The van der Waals surface area contributed by atoms with Crippen LogP contribution < -0.4 is 5.11 Å². The topological polar surface area (TPSA) is 111 Å². The summed E-state index contributed by atoms with van der Waals surface area (Å²) in [6, 6.07) is 0. The molecule has 0 aliphatic rings. The van der Waals surface area contributed by atoms with Crippen LogP contribution in [0.4, 0.5) is 0 Å². The lowest BCUT2D eigenvalue weighted by atomic mass is 10.0. The molecule has 0 rings (SSSR count). The van der Waals surface area contributed by atoms with E-state index in [1.807, 2.05) is 21.1 Å². The third-order valence-corrected chi connectivity index (χ3v) is 17.7. The smallest absolute Gasteiger partial charge is 0.306 e. The molecule has 0 N–H and O–H groups in total. The fraction of sp³-hybridized carbons (Fsp3) is 0.739. The van der Waals surface area contributed by atoms with Crippen molar-refractivity contribution in [3.05, 3.63) is 122 Å². The van der Waals surface area contributed by atoms with E-state index in [2.05, 4.69) is 135 Å². The predicted octanol–water partition coefficient (Wildman–Crippen LogP) is 24.9. The Hall–Kier alpha value is -4.31. The van der Waals surface area contributed by atoms with Crippen LogP contribution in [0.1, 0.15) is 361 Å². The van der Waals surface area contributed by atoms with Crippen molar-refractivity contribution < 1.29 is 42.9 Å². The number of ether oxygens (including phenoxy) is 4. The summed E-state index contributed by atoms with van der Waals surface area (Å²) >= 11 is 0. The number of unbranched alkanes of at least 4 members (excludes halogenated alkanes) is 40. The zero-order valence-electron chi connectivity index (χ0n) is 63.9.